The van der Waals surface area contributed by atoms with Gasteiger partial charge in [-0.05, 0) is 72.0 Å². The topological polar surface area (TPSA) is 159 Å². The number of hydrogen-bond acceptors (Lipinski definition) is 9. The molecule has 7 aromatic rings. The van der Waals surface area contributed by atoms with Gasteiger partial charge < -0.3 is 10.1 Å². The monoisotopic (exact) mass is 975 g/mol. The first-order valence-electron chi connectivity index (χ1n) is 20.2. The lowest BCUT2D eigenvalue weighted by atomic mass is 10.0. The van der Waals surface area contributed by atoms with Gasteiger partial charge in [-0.15, -0.1) is 0 Å². The molecule has 0 aliphatic heterocycles. The van der Waals surface area contributed by atoms with Crippen molar-refractivity contribution in [2.75, 3.05) is 17.7 Å². The van der Waals surface area contributed by atoms with Gasteiger partial charge in [-0.1, -0.05) is 23.7 Å². The summed E-state index contributed by atoms with van der Waals surface area (Å²) in [5, 5.41) is 9.99. The largest absolute Gasteiger partial charge is 0.497 e. The van der Waals surface area contributed by atoms with Gasteiger partial charge in [0.2, 0.25) is 15.9 Å². The number of pyridine rings is 1. The number of rotatable bonds is 15. The Morgan fingerprint density at radius 2 is 1.72 bits per heavy atom. The molecule has 4 aromatic heterocycles. The lowest BCUT2D eigenvalue weighted by Gasteiger charge is -2.24. The highest BCUT2D eigenvalue weighted by Crippen LogP contribution is 2.68. The van der Waals surface area contributed by atoms with Crippen LogP contribution in [0.25, 0.3) is 27.6 Å². The highest BCUT2D eigenvalue weighted by Gasteiger charge is 2.67. The molecule has 1 N–H and O–H groups in total. The van der Waals surface area contributed by atoms with Crippen LogP contribution in [0.1, 0.15) is 58.7 Å². The van der Waals surface area contributed by atoms with Crippen LogP contribution in [0.5, 0.6) is 5.75 Å². The van der Waals surface area contributed by atoms with E-state index in [1.165, 1.54) is 37.6 Å². The lowest BCUT2D eigenvalue weighted by molar-refractivity contribution is -0.123. The molecule has 14 nitrogen and oxygen atoms in total. The molecule has 4 heterocycles. The number of halogens is 9. The molecular weight excluding hydrogens is 942 g/mol. The van der Waals surface area contributed by atoms with E-state index in [1.807, 2.05) is 0 Å². The molecule has 3 atom stereocenters. The molecule has 1 saturated carbocycles. The summed E-state index contributed by atoms with van der Waals surface area (Å²) in [6, 6.07) is 12.1. The SMILES string of the molecule is COc1ccc(CN(c2nn(CC(F)F)c3c(-n4c(C(Cc5cc(F)cc(F)c5)NC(=O)Cn5nc(C(F)F)c6c5C(F)(F)[C@@H]5C[C@H]65)nc5ncccc5c4=O)ccc(Cl)c23)S(C)(=O)=O)cc1. The molecule has 0 radical (unpaired) electrons. The second-order valence-electron chi connectivity index (χ2n) is 16.1. The minimum Gasteiger partial charge on any atom is -0.497 e. The molecule has 1 unspecified atom stereocenters. The molecule has 2 aliphatic carbocycles. The Morgan fingerprint density at radius 1 is 1.00 bits per heavy atom. The summed E-state index contributed by atoms with van der Waals surface area (Å²) in [4.78, 5) is 37.8. The van der Waals surface area contributed by atoms with E-state index in [4.69, 9.17) is 16.3 Å². The number of nitrogens with one attached hydrogen (secondary N) is 1. The average Bonchev–Trinajstić information content (AvgIpc) is 3.77. The van der Waals surface area contributed by atoms with Crippen LogP contribution >= 0.6 is 11.6 Å². The Hall–Kier alpha value is -6.62. The molecule has 0 spiro atoms. The fraction of sp³-hybridized carbons (Fsp3) is 0.302. The van der Waals surface area contributed by atoms with E-state index in [9.17, 15) is 44.3 Å². The minimum atomic E-state index is -4.30. The third-order valence-corrected chi connectivity index (χ3v) is 13.0. The maximum absolute atomic E-state index is 15.5. The summed E-state index contributed by atoms with van der Waals surface area (Å²) in [5.74, 6) is -9.43. The second-order valence-corrected chi connectivity index (χ2v) is 18.4. The highest BCUT2D eigenvalue weighted by molar-refractivity contribution is 7.92. The van der Waals surface area contributed by atoms with Crippen molar-refractivity contribution in [3.8, 4) is 11.4 Å². The highest BCUT2D eigenvalue weighted by atomic mass is 35.5. The van der Waals surface area contributed by atoms with Crippen molar-refractivity contribution in [2.24, 2.45) is 5.92 Å². The molecular formula is C43H34ClF8N9O5S. The normalized spacial score (nSPS) is 16.7. The molecule has 350 valence electrons. The van der Waals surface area contributed by atoms with Crippen LogP contribution in [-0.4, -0.2) is 68.2 Å². The van der Waals surface area contributed by atoms with Crippen LogP contribution in [0.3, 0.4) is 0 Å². The predicted octanol–water partition coefficient (Wildman–Crippen LogP) is 7.75. The maximum Gasteiger partial charge on any atom is 0.293 e. The molecule has 1 amide bonds. The van der Waals surface area contributed by atoms with Crippen LogP contribution in [-0.2, 0) is 46.8 Å². The van der Waals surface area contributed by atoms with Crippen molar-refractivity contribution in [3.05, 3.63) is 134 Å². The second kappa shape index (κ2) is 16.9. The number of benzene rings is 3. The zero-order valence-corrected chi connectivity index (χ0v) is 36.4. The third-order valence-electron chi connectivity index (χ3n) is 11.6. The number of carbonyl (C=O) groups is 1. The first-order valence-corrected chi connectivity index (χ1v) is 22.4. The maximum atomic E-state index is 15.5. The number of nitrogens with zero attached hydrogens (tertiary/aromatic N) is 8. The van der Waals surface area contributed by atoms with Gasteiger partial charge in [0.05, 0.1) is 53.0 Å². The minimum absolute atomic E-state index is 0.0479. The van der Waals surface area contributed by atoms with Crippen molar-refractivity contribution >= 4 is 55.3 Å². The number of sulfonamides is 1. The van der Waals surface area contributed by atoms with E-state index in [1.54, 1.807) is 24.3 Å². The Balaban J connectivity index is 1.24. The van der Waals surface area contributed by atoms with E-state index in [0.717, 1.165) is 31.9 Å². The zero-order chi connectivity index (χ0) is 47.9. The van der Waals surface area contributed by atoms with Gasteiger partial charge in [-0.2, -0.15) is 19.0 Å². The zero-order valence-electron chi connectivity index (χ0n) is 34.8. The number of aromatic nitrogens is 7. The number of carbonyl (C=O) groups excluding carboxylic acids is 1. The van der Waals surface area contributed by atoms with Crippen LogP contribution in [0.2, 0.25) is 5.02 Å². The van der Waals surface area contributed by atoms with Crippen molar-refractivity contribution in [2.45, 2.75) is 63.2 Å². The van der Waals surface area contributed by atoms with Crippen molar-refractivity contribution in [1.29, 1.82) is 0 Å². The number of methoxy groups -OCH3 is 1. The summed E-state index contributed by atoms with van der Waals surface area (Å²) >= 11 is 6.79. The molecule has 1 fully saturated rings. The molecule has 24 heteroatoms. The Labute approximate surface area is 378 Å². The Morgan fingerprint density at radius 3 is 2.37 bits per heavy atom. The van der Waals surface area contributed by atoms with Crippen molar-refractivity contribution in [1.82, 2.24) is 39.4 Å². The first kappa shape index (κ1) is 45.5. The summed E-state index contributed by atoms with van der Waals surface area (Å²) < 4.78 is 153. The van der Waals surface area contributed by atoms with Gasteiger partial charge in [-0.25, -0.2) is 49.0 Å². The van der Waals surface area contributed by atoms with Crippen LogP contribution in [0.15, 0.2) is 77.7 Å². The van der Waals surface area contributed by atoms with E-state index in [0.29, 0.717) is 22.1 Å². The van der Waals surface area contributed by atoms with Gasteiger partial charge >= 0.3 is 0 Å². The molecule has 67 heavy (non-hydrogen) atoms. The van der Waals surface area contributed by atoms with Gasteiger partial charge in [0.1, 0.15) is 47.7 Å². The molecule has 2 aliphatic rings. The molecule has 0 saturated heterocycles. The summed E-state index contributed by atoms with van der Waals surface area (Å²) in [6.07, 6.45) is -4.90. The van der Waals surface area contributed by atoms with E-state index in [-0.39, 0.29) is 56.7 Å². The van der Waals surface area contributed by atoms with Gasteiger partial charge in [-0.3, -0.25) is 23.5 Å². The van der Waals surface area contributed by atoms with E-state index >= 15 is 8.78 Å². The fourth-order valence-electron chi connectivity index (χ4n) is 8.74. The predicted molar refractivity (Wildman–Crippen MR) is 226 cm³/mol. The quantitative estimate of drug-likeness (QED) is 0.102. The number of amides is 1. The van der Waals surface area contributed by atoms with Gasteiger partial charge in [0.25, 0.3) is 24.3 Å². The van der Waals surface area contributed by atoms with E-state index in [2.05, 4.69) is 25.5 Å². The van der Waals surface area contributed by atoms with Gasteiger partial charge in [0, 0.05) is 30.2 Å². The molecule has 3 aromatic carbocycles. The number of alkyl halides is 6. The van der Waals surface area contributed by atoms with Crippen LogP contribution < -0.4 is 19.9 Å². The van der Waals surface area contributed by atoms with Crippen molar-refractivity contribution < 1.29 is 53.1 Å². The lowest BCUT2D eigenvalue weighted by Crippen LogP contribution is -2.38. The Kier molecular flexibility index (Phi) is 11.5. The standard InChI is InChI=1S/C43H34ClF8N9O5S/c1-66-24-7-5-20(6-8-24)17-60(67(2,64)65)41-34-28(44)9-10-30(36(34)58(57-41)18-31(47)48)61-40(55-39-25(42(61)63)4-3-11-53-39)29(14-21-12-22(45)15-23(46)13-21)54-32(62)19-59-37-33(35(56-59)38(49)50)26-16-27(26)43(37,51)52/h3-13,15,26-27,29,31,38H,14,16-19H2,1-2H3,(H,54,62)/t26-,27+,29?/m0/s1. The number of hydrogen-bond donors (Lipinski definition) is 1. The summed E-state index contributed by atoms with van der Waals surface area (Å²) in [7, 11) is -2.87. The summed E-state index contributed by atoms with van der Waals surface area (Å²) in [5.41, 5.74) is -3.62. The van der Waals surface area contributed by atoms with E-state index < -0.39 is 112 Å². The van der Waals surface area contributed by atoms with Crippen LogP contribution in [0.4, 0.5) is 40.9 Å². The fourth-order valence-corrected chi connectivity index (χ4v) is 9.80. The number of anilines is 1. The van der Waals surface area contributed by atoms with Crippen molar-refractivity contribution in [3.63, 3.8) is 0 Å². The smallest absolute Gasteiger partial charge is 0.293 e. The molecule has 9 rings (SSSR count). The third kappa shape index (κ3) is 8.31. The average molecular weight is 976 g/mol. The Bertz CT molecular complexity index is 3280. The number of fused-ring (bicyclic) bond motifs is 5. The molecule has 0 bridgehead atoms. The number of ether oxygens (including phenoxy) is 1. The summed E-state index contributed by atoms with van der Waals surface area (Å²) in [6.45, 7) is -2.64. The van der Waals surface area contributed by atoms with Gasteiger partial charge in [0.15, 0.2) is 11.5 Å². The first-order chi connectivity index (χ1) is 31.7. The van der Waals surface area contributed by atoms with Crippen LogP contribution in [0, 0.1) is 17.6 Å².